The quantitative estimate of drug-likeness (QED) is 0.769. The van der Waals surface area contributed by atoms with Crippen LogP contribution in [0.1, 0.15) is 24.8 Å². The van der Waals surface area contributed by atoms with Gasteiger partial charge in [0.25, 0.3) is 0 Å². The Balaban J connectivity index is 0.00000208. The Morgan fingerprint density at radius 1 is 1.33 bits per heavy atom. The van der Waals surface area contributed by atoms with Crippen LogP contribution in [-0.4, -0.2) is 54.5 Å². The minimum atomic E-state index is -0.174. The van der Waals surface area contributed by atoms with Crippen molar-refractivity contribution in [3.63, 3.8) is 0 Å². The molecule has 24 heavy (non-hydrogen) atoms. The fourth-order valence-electron chi connectivity index (χ4n) is 3.03. The summed E-state index contributed by atoms with van der Waals surface area (Å²) in [7, 11) is 0. The zero-order valence-corrected chi connectivity index (χ0v) is 16.0. The van der Waals surface area contributed by atoms with E-state index in [4.69, 9.17) is 0 Å². The van der Waals surface area contributed by atoms with Gasteiger partial charge in [-0.15, -0.1) is 12.4 Å². The molecule has 134 valence electrons. The lowest BCUT2D eigenvalue weighted by Crippen LogP contribution is -2.47. The van der Waals surface area contributed by atoms with Crippen molar-refractivity contribution in [1.82, 2.24) is 15.1 Å². The number of nitrogens with zero attached hydrogens (tertiary/aromatic N) is 2. The molecule has 1 heterocycles. The van der Waals surface area contributed by atoms with E-state index in [1.54, 1.807) is 6.07 Å². The third kappa shape index (κ3) is 5.41. The van der Waals surface area contributed by atoms with Crippen LogP contribution in [0.2, 0.25) is 0 Å². The molecule has 3 rings (SSSR count). The SMILES string of the molecule is Cl.O=C(CCN(Cc1cc(Br)ccc1F)C1CC1)N1CCNCC1. The molecule has 1 amide bonds. The lowest BCUT2D eigenvalue weighted by molar-refractivity contribution is -0.132. The second-order valence-corrected chi connectivity index (χ2v) is 7.23. The predicted octanol–water partition coefficient (Wildman–Crippen LogP) is 2.80. The van der Waals surface area contributed by atoms with Gasteiger partial charge in [-0.25, -0.2) is 4.39 Å². The van der Waals surface area contributed by atoms with Crippen molar-refractivity contribution in [2.45, 2.75) is 31.8 Å². The molecule has 1 N–H and O–H groups in total. The fraction of sp³-hybridized carbons (Fsp3) is 0.588. The Hall–Kier alpha value is -0.690. The topological polar surface area (TPSA) is 35.6 Å². The summed E-state index contributed by atoms with van der Waals surface area (Å²) in [5.74, 6) is 0.0409. The second-order valence-electron chi connectivity index (χ2n) is 6.32. The molecule has 2 aliphatic rings. The van der Waals surface area contributed by atoms with Crippen molar-refractivity contribution in [2.24, 2.45) is 0 Å². The van der Waals surface area contributed by atoms with Crippen LogP contribution in [-0.2, 0) is 11.3 Å². The normalized spacial score (nSPS) is 17.7. The monoisotopic (exact) mass is 419 g/mol. The third-order valence-corrected chi connectivity index (χ3v) is 5.02. The first-order chi connectivity index (χ1) is 11.1. The molecule has 0 atom stereocenters. The molecule has 0 bridgehead atoms. The summed E-state index contributed by atoms with van der Waals surface area (Å²) in [4.78, 5) is 16.5. The van der Waals surface area contributed by atoms with Gasteiger partial charge in [0.15, 0.2) is 0 Å². The number of hydrogen-bond acceptors (Lipinski definition) is 3. The largest absolute Gasteiger partial charge is 0.340 e. The molecule has 1 saturated carbocycles. The van der Waals surface area contributed by atoms with E-state index in [-0.39, 0.29) is 24.1 Å². The minimum absolute atomic E-state index is 0. The van der Waals surface area contributed by atoms with E-state index in [2.05, 4.69) is 26.1 Å². The summed E-state index contributed by atoms with van der Waals surface area (Å²) in [6.07, 6.45) is 2.82. The van der Waals surface area contributed by atoms with E-state index in [9.17, 15) is 9.18 Å². The number of rotatable bonds is 6. The van der Waals surface area contributed by atoms with E-state index < -0.39 is 0 Å². The van der Waals surface area contributed by atoms with E-state index in [0.717, 1.165) is 43.5 Å². The van der Waals surface area contributed by atoms with Crippen LogP contribution >= 0.6 is 28.3 Å². The van der Waals surface area contributed by atoms with Gasteiger partial charge in [-0.1, -0.05) is 15.9 Å². The molecule has 1 saturated heterocycles. The number of benzene rings is 1. The minimum Gasteiger partial charge on any atom is -0.340 e. The molecule has 0 radical (unpaired) electrons. The lowest BCUT2D eigenvalue weighted by atomic mass is 10.2. The molecule has 4 nitrogen and oxygen atoms in total. The molecule has 0 spiro atoms. The third-order valence-electron chi connectivity index (χ3n) is 4.53. The summed E-state index contributed by atoms with van der Waals surface area (Å²) < 4.78 is 14.9. The average molecular weight is 421 g/mol. The van der Waals surface area contributed by atoms with E-state index in [1.165, 1.54) is 6.07 Å². The van der Waals surface area contributed by atoms with Gasteiger partial charge < -0.3 is 10.2 Å². The van der Waals surface area contributed by atoms with E-state index >= 15 is 0 Å². The van der Waals surface area contributed by atoms with Crippen LogP contribution in [0.3, 0.4) is 0 Å². The first kappa shape index (κ1) is 19.6. The number of hydrogen-bond donors (Lipinski definition) is 1. The van der Waals surface area contributed by atoms with Crippen molar-refractivity contribution in [3.8, 4) is 0 Å². The highest BCUT2D eigenvalue weighted by Gasteiger charge is 2.30. The van der Waals surface area contributed by atoms with Crippen LogP contribution in [0.25, 0.3) is 0 Å². The maximum atomic E-state index is 14.0. The van der Waals surface area contributed by atoms with Crippen LogP contribution in [0, 0.1) is 5.82 Å². The number of amides is 1. The zero-order valence-electron chi connectivity index (χ0n) is 13.6. The van der Waals surface area contributed by atoms with Gasteiger partial charge >= 0.3 is 0 Å². The van der Waals surface area contributed by atoms with Gasteiger partial charge in [-0.2, -0.15) is 0 Å². The van der Waals surface area contributed by atoms with Crippen LogP contribution in [0.5, 0.6) is 0 Å². The summed E-state index contributed by atoms with van der Waals surface area (Å²) in [5, 5.41) is 3.26. The molecule has 0 aromatic heterocycles. The Labute approximate surface area is 157 Å². The molecule has 2 fully saturated rings. The molecule has 0 unspecified atom stereocenters. The molecule has 1 aromatic carbocycles. The lowest BCUT2D eigenvalue weighted by Gasteiger charge is -2.29. The summed E-state index contributed by atoms with van der Waals surface area (Å²) in [6.45, 7) is 4.62. The zero-order chi connectivity index (χ0) is 16.2. The van der Waals surface area contributed by atoms with Crippen molar-refractivity contribution in [2.75, 3.05) is 32.7 Å². The first-order valence-corrected chi connectivity index (χ1v) is 9.09. The molecular formula is C17H24BrClFN3O. The molecule has 1 aliphatic carbocycles. The Morgan fingerprint density at radius 2 is 2.04 bits per heavy atom. The Morgan fingerprint density at radius 3 is 2.71 bits per heavy atom. The fourth-order valence-corrected chi connectivity index (χ4v) is 3.43. The Bertz CT molecular complexity index is 565. The van der Waals surface area contributed by atoms with Crippen molar-refractivity contribution in [1.29, 1.82) is 0 Å². The maximum absolute atomic E-state index is 14.0. The van der Waals surface area contributed by atoms with Gasteiger partial charge in [0.2, 0.25) is 5.91 Å². The van der Waals surface area contributed by atoms with Crippen molar-refractivity contribution >= 4 is 34.2 Å². The number of piperazine rings is 1. The first-order valence-electron chi connectivity index (χ1n) is 8.30. The smallest absolute Gasteiger partial charge is 0.223 e. The maximum Gasteiger partial charge on any atom is 0.223 e. The average Bonchev–Trinajstić information content (AvgIpc) is 3.40. The van der Waals surface area contributed by atoms with Gasteiger partial charge in [0.1, 0.15) is 5.82 Å². The predicted molar refractivity (Wildman–Crippen MR) is 98.8 cm³/mol. The van der Waals surface area contributed by atoms with Crippen LogP contribution < -0.4 is 5.32 Å². The van der Waals surface area contributed by atoms with E-state index in [1.807, 2.05) is 11.0 Å². The number of carbonyl (C=O) groups is 1. The van der Waals surface area contributed by atoms with E-state index in [0.29, 0.717) is 31.1 Å². The van der Waals surface area contributed by atoms with Crippen LogP contribution in [0.15, 0.2) is 22.7 Å². The second kappa shape index (κ2) is 9.13. The van der Waals surface area contributed by atoms with Crippen molar-refractivity contribution in [3.05, 3.63) is 34.1 Å². The highest BCUT2D eigenvalue weighted by Crippen LogP contribution is 2.29. The molecule has 7 heteroatoms. The number of carbonyl (C=O) groups excluding carboxylic acids is 1. The standard InChI is InChI=1S/C17H23BrFN3O.ClH/c18-14-1-4-16(19)13(11-14)12-22(15-2-3-15)8-5-17(23)21-9-6-20-7-10-21;/h1,4,11,15,20H,2-3,5-10,12H2;1H. The molecule has 1 aliphatic heterocycles. The van der Waals surface area contributed by atoms with Gasteiger partial charge in [-0.3, -0.25) is 9.69 Å². The summed E-state index contributed by atoms with van der Waals surface area (Å²) in [6, 6.07) is 5.55. The summed E-state index contributed by atoms with van der Waals surface area (Å²) >= 11 is 3.40. The molecule has 1 aromatic rings. The van der Waals surface area contributed by atoms with Crippen molar-refractivity contribution < 1.29 is 9.18 Å². The Kier molecular flexibility index (Phi) is 7.47. The number of nitrogens with one attached hydrogen (secondary N) is 1. The van der Waals surface area contributed by atoms with Gasteiger partial charge in [0.05, 0.1) is 0 Å². The molecular weight excluding hydrogens is 397 g/mol. The van der Waals surface area contributed by atoms with Gasteiger partial charge in [-0.05, 0) is 31.0 Å². The highest BCUT2D eigenvalue weighted by molar-refractivity contribution is 9.10. The van der Waals surface area contributed by atoms with Gasteiger partial charge in [0, 0.05) is 61.8 Å². The van der Waals surface area contributed by atoms with Crippen LogP contribution in [0.4, 0.5) is 4.39 Å². The highest BCUT2D eigenvalue weighted by atomic mass is 79.9. The summed E-state index contributed by atoms with van der Waals surface area (Å²) in [5.41, 5.74) is 0.695. The number of halogens is 3.